The third-order valence-corrected chi connectivity index (χ3v) is 2.26. The Morgan fingerprint density at radius 2 is 2.07 bits per heavy atom. The Hall–Kier alpha value is -1.61. The first-order valence-corrected chi connectivity index (χ1v) is 5.10. The molecule has 1 aromatic heterocycles. The molecule has 15 heavy (non-hydrogen) atoms. The second kappa shape index (κ2) is 4.28. The monoisotopic (exact) mass is 201 g/mol. The maximum Gasteiger partial charge on any atom is 0.0645 e. The third kappa shape index (κ3) is 2.44. The fraction of sp³-hybridized carbons (Fsp3) is 0.250. The molecule has 2 N–H and O–H groups in total. The van der Waals surface area contributed by atoms with E-state index < -0.39 is 0 Å². The predicted molar refractivity (Wildman–Crippen MR) is 60.9 cm³/mol. The van der Waals surface area contributed by atoms with Gasteiger partial charge in [-0.1, -0.05) is 12.1 Å². The molecule has 1 aromatic carbocycles. The fourth-order valence-electron chi connectivity index (χ4n) is 1.58. The number of rotatable bonds is 3. The molecule has 0 spiro atoms. The fourth-order valence-corrected chi connectivity index (χ4v) is 1.58. The van der Waals surface area contributed by atoms with Crippen molar-refractivity contribution in [3.8, 4) is 5.69 Å². The van der Waals surface area contributed by atoms with Gasteiger partial charge < -0.3 is 5.73 Å². The second-order valence-corrected chi connectivity index (χ2v) is 3.80. The minimum Gasteiger partial charge on any atom is -0.328 e. The Morgan fingerprint density at radius 3 is 2.60 bits per heavy atom. The molecule has 1 atom stereocenters. The Balaban J connectivity index is 2.17. The van der Waals surface area contributed by atoms with E-state index in [2.05, 4.69) is 29.4 Å². The van der Waals surface area contributed by atoms with Gasteiger partial charge in [0, 0.05) is 18.4 Å². The average molecular weight is 201 g/mol. The van der Waals surface area contributed by atoms with Crippen LogP contribution >= 0.6 is 0 Å². The van der Waals surface area contributed by atoms with Crippen molar-refractivity contribution in [2.24, 2.45) is 5.73 Å². The van der Waals surface area contributed by atoms with Crippen molar-refractivity contribution in [1.82, 2.24) is 9.78 Å². The Morgan fingerprint density at radius 1 is 1.33 bits per heavy atom. The highest BCUT2D eigenvalue weighted by molar-refractivity contribution is 5.33. The molecule has 2 rings (SSSR count). The Labute approximate surface area is 89.5 Å². The highest BCUT2D eigenvalue weighted by Crippen LogP contribution is 2.09. The van der Waals surface area contributed by atoms with Gasteiger partial charge in [-0.25, -0.2) is 4.68 Å². The highest BCUT2D eigenvalue weighted by Gasteiger charge is 1.99. The molecular formula is C12H15N3. The molecule has 78 valence electrons. The Kier molecular flexibility index (Phi) is 2.83. The summed E-state index contributed by atoms with van der Waals surface area (Å²) in [5.41, 5.74) is 8.08. The minimum absolute atomic E-state index is 0.209. The number of nitrogens with two attached hydrogens (primary N) is 1. The molecule has 2 aromatic rings. The van der Waals surface area contributed by atoms with Gasteiger partial charge in [0.15, 0.2) is 0 Å². The molecule has 0 unspecified atom stereocenters. The van der Waals surface area contributed by atoms with Crippen molar-refractivity contribution in [2.75, 3.05) is 0 Å². The molecule has 0 bridgehead atoms. The van der Waals surface area contributed by atoms with E-state index >= 15 is 0 Å². The standard InChI is InChI=1S/C12H15N3/c1-10(13)9-11-3-5-12(6-4-11)15-8-2-7-14-15/h2-8,10H,9,13H2,1H3/t10-/m1/s1. The smallest absolute Gasteiger partial charge is 0.0645 e. The van der Waals surface area contributed by atoms with Gasteiger partial charge in [-0.2, -0.15) is 5.10 Å². The third-order valence-electron chi connectivity index (χ3n) is 2.26. The highest BCUT2D eigenvalue weighted by atomic mass is 15.3. The van der Waals surface area contributed by atoms with Crippen molar-refractivity contribution < 1.29 is 0 Å². The molecule has 0 aliphatic rings. The van der Waals surface area contributed by atoms with Crippen molar-refractivity contribution in [2.45, 2.75) is 19.4 Å². The summed E-state index contributed by atoms with van der Waals surface area (Å²) in [5.74, 6) is 0. The maximum absolute atomic E-state index is 5.74. The molecule has 1 heterocycles. The molecule has 3 heteroatoms. The summed E-state index contributed by atoms with van der Waals surface area (Å²) in [5, 5.41) is 4.17. The van der Waals surface area contributed by atoms with E-state index in [0.717, 1.165) is 12.1 Å². The van der Waals surface area contributed by atoms with Crippen molar-refractivity contribution in [1.29, 1.82) is 0 Å². The first-order chi connectivity index (χ1) is 7.25. The van der Waals surface area contributed by atoms with Crippen LogP contribution in [-0.4, -0.2) is 15.8 Å². The van der Waals surface area contributed by atoms with Crippen molar-refractivity contribution >= 4 is 0 Å². The molecule has 0 aliphatic heterocycles. The number of nitrogens with zero attached hydrogens (tertiary/aromatic N) is 2. The first-order valence-electron chi connectivity index (χ1n) is 5.10. The molecule has 0 amide bonds. The van der Waals surface area contributed by atoms with Crippen LogP contribution in [0, 0.1) is 0 Å². The summed E-state index contributed by atoms with van der Waals surface area (Å²) in [6.45, 7) is 2.02. The SMILES string of the molecule is C[C@@H](N)Cc1ccc(-n2cccn2)cc1. The number of hydrogen-bond acceptors (Lipinski definition) is 2. The molecule has 0 fully saturated rings. The van der Waals surface area contributed by atoms with Gasteiger partial charge in [0.25, 0.3) is 0 Å². The van der Waals surface area contributed by atoms with Crippen LogP contribution in [0.4, 0.5) is 0 Å². The molecule has 0 radical (unpaired) electrons. The van der Waals surface area contributed by atoms with E-state index in [1.165, 1.54) is 5.56 Å². The van der Waals surface area contributed by atoms with Crippen LogP contribution < -0.4 is 5.73 Å². The van der Waals surface area contributed by atoms with Crippen LogP contribution in [0.2, 0.25) is 0 Å². The van der Waals surface area contributed by atoms with Crippen LogP contribution in [0.1, 0.15) is 12.5 Å². The van der Waals surface area contributed by atoms with E-state index in [-0.39, 0.29) is 6.04 Å². The summed E-state index contributed by atoms with van der Waals surface area (Å²) in [4.78, 5) is 0. The van der Waals surface area contributed by atoms with Crippen molar-refractivity contribution in [3.05, 3.63) is 48.3 Å². The van der Waals surface area contributed by atoms with Gasteiger partial charge in [0.05, 0.1) is 5.69 Å². The molecule has 0 aliphatic carbocycles. The van der Waals surface area contributed by atoms with Gasteiger partial charge in [-0.3, -0.25) is 0 Å². The van der Waals surface area contributed by atoms with Crippen LogP contribution in [0.5, 0.6) is 0 Å². The number of benzene rings is 1. The lowest BCUT2D eigenvalue weighted by molar-refractivity contribution is 0.737. The van der Waals surface area contributed by atoms with E-state index in [4.69, 9.17) is 5.73 Å². The van der Waals surface area contributed by atoms with Gasteiger partial charge in [0.1, 0.15) is 0 Å². The first kappa shape index (κ1) is 9.93. The van der Waals surface area contributed by atoms with E-state index in [1.54, 1.807) is 6.20 Å². The van der Waals surface area contributed by atoms with E-state index in [1.807, 2.05) is 23.9 Å². The maximum atomic E-state index is 5.74. The summed E-state index contributed by atoms with van der Waals surface area (Å²) in [6.07, 6.45) is 4.62. The number of aromatic nitrogens is 2. The summed E-state index contributed by atoms with van der Waals surface area (Å²) in [6, 6.07) is 10.4. The number of hydrogen-bond donors (Lipinski definition) is 1. The lowest BCUT2D eigenvalue weighted by atomic mass is 10.1. The zero-order chi connectivity index (χ0) is 10.7. The van der Waals surface area contributed by atoms with E-state index in [0.29, 0.717) is 0 Å². The van der Waals surface area contributed by atoms with Crippen LogP contribution in [0.3, 0.4) is 0 Å². The van der Waals surface area contributed by atoms with E-state index in [9.17, 15) is 0 Å². The summed E-state index contributed by atoms with van der Waals surface area (Å²) < 4.78 is 1.84. The quantitative estimate of drug-likeness (QED) is 0.822. The zero-order valence-corrected chi connectivity index (χ0v) is 8.80. The van der Waals surface area contributed by atoms with Gasteiger partial charge in [-0.15, -0.1) is 0 Å². The van der Waals surface area contributed by atoms with Crippen LogP contribution in [0.15, 0.2) is 42.7 Å². The zero-order valence-electron chi connectivity index (χ0n) is 8.80. The molecule has 3 nitrogen and oxygen atoms in total. The van der Waals surface area contributed by atoms with Crippen molar-refractivity contribution in [3.63, 3.8) is 0 Å². The predicted octanol–water partition coefficient (Wildman–Crippen LogP) is 1.76. The van der Waals surface area contributed by atoms with Crippen LogP contribution in [0.25, 0.3) is 5.69 Å². The molecule has 0 saturated carbocycles. The average Bonchev–Trinajstić information content (AvgIpc) is 2.71. The van der Waals surface area contributed by atoms with Crippen LogP contribution in [-0.2, 0) is 6.42 Å². The summed E-state index contributed by atoms with van der Waals surface area (Å²) in [7, 11) is 0. The normalized spacial score (nSPS) is 12.7. The summed E-state index contributed by atoms with van der Waals surface area (Å²) >= 11 is 0. The van der Waals surface area contributed by atoms with Gasteiger partial charge in [0.2, 0.25) is 0 Å². The van der Waals surface area contributed by atoms with Gasteiger partial charge in [-0.05, 0) is 37.1 Å². The lowest BCUT2D eigenvalue weighted by Gasteiger charge is -2.06. The second-order valence-electron chi connectivity index (χ2n) is 3.80. The minimum atomic E-state index is 0.209. The topological polar surface area (TPSA) is 43.8 Å². The Bertz CT molecular complexity index is 401. The largest absolute Gasteiger partial charge is 0.328 e. The molecule has 0 saturated heterocycles. The lowest BCUT2D eigenvalue weighted by Crippen LogP contribution is -2.17. The molecular weight excluding hydrogens is 186 g/mol. The van der Waals surface area contributed by atoms with Gasteiger partial charge >= 0.3 is 0 Å².